The van der Waals surface area contributed by atoms with Crippen molar-refractivity contribution in [1.29, 1.82) is 0 Å². The summed E-state index contributed by atoms with van der Waals surface area (Å²) in [5.74, 6) is -0.0487. The van der Waals surface area contributed by atoms with Gasteiger partial charge >= 0.3 is 0 Å². The zero-order chi connectivity index (χ0) is 17.5. The average Bonchev–Trinajstić information content (AvgIpc) is 2.83. The zero-order valence-electron chi connectivity index (χ0n) is 14.6. The van der Waals surface area contributed by atoms with E-state index in [0.29, 0.717) is 23.7 Å². The summed E-state index contributed by atoms with van der Waals surface area (Å²) in [7, 11) is 2.10. The van der Waals surface area contributed by atoms with E-state index in [0.717, 1.165) is 6.54 Å². The van der Waals surface area contributed by atoms with Crippen LogP contribution in [0.1, 0.15) is 50.5 Å². The molecule has 1 amide bonds. The number of nitrogens with one attached hydrogen (secondary N) is 1. The summed E-state index contributed by atoms with van der Waals surface area (Å²) in [4.78, 5) is 24.8. The minimum absolute atomic E-state index is 0.0404. The number of amides is 1. The summed E-state index contributed by atoms with van der Waals surface area (Å²) >= 11 is 0. The number of aryl methyl sites for hydroxylation is 1. The maximum absolute atomic E-state index is 12.2. The topological polar surface area (TPSA) is 75.5 Å². The lowest BCUT2D eigenvalue weighted by molar-refractivity contribution is -0.384. The summed E-state index contributed by atoms with van der Waals surface area (Å²) in [5, 5.41) is 13.6. The standard InChI is InChI=1S/C18H27N3O3/c1-14-13-16(21(23)24)9-10-17(14)19-18(22)11-12-20(2)15-7-5-3-4-6-8-15/h9-10,13,15H,3-8,11-12H2,1-2H3,(H,19,22). The monoisotopic (exact) mass is 333 g/mol. The summed E-state index contributed by atoms with van der Waals surface area (Å²) in [5.41, 5.74) is 1.39. The van der Waals surface area contributed by atoms with Crippen LogP contribution in [0.25, 0.3) is 0 Å². The first kappa shape index (κ1) is 18.4. The number of anilines is 1. The van der Waals surface area contributed by atoms with Crippen LogP contribution >= 0.6 is 0 Å². The predicted octanol–water partition coefficient (Wildman–Crippen LogP) is 3.89. The molecule has 1 aromatic carbocycles. The fourth-order valence-electron chi connectivity index (χ4n) is 3.27. The Bertz CT molecular complexity index is 581. The average molecular weight is 333 g/mol. The van der Waals surface area contributed by atoms with Gasteiger partial charge in [-0.15, -0.1) is 0 Å². The van der Waals surface area contributed by atoms with E-state index in [1.54, 1.807) is 13.0 Å². The van der Waals surface area contributed by atoms with Crippen molar-refractivity contribution in [3.05, 3.63) is 33.9 Å². The van der Waals surface area contributed by atoms with Crippen LogP contribution in [-0.2, 0) is 4.79 Å². The number of nitro groups is 1. The highest BCUT2D eigenvalue weighted by Gasteiger charge is 2.18. The van der Waals surface area contributed by atoms with E-state index in [1.165, 1.54) is 50.7 Å². The molecule has 0 unspecified atom stereocenters. The predicted molar refractivity (Wildman–Crippen MR) is 95.2 cm³/mol. The van der Waals surface area contributed by atoms with E-state index in [2.05, 4.69) is 17.3 Å². The van der Waals surface area contributed by atoms with Gasteiger partial charge in [0.05, 0.1) is 4.92 Å². The third-order valence-corrected chi connectivity index (χ3v) is 4.83. The molecule has 0 atom stereocenters. The Morgan fingerprint density at radius 3 is 2.54 bits per heavy atom. The van der Waals surface area contributed by atoms with Gasteiger partial charge in [0, 0.05) is 36.8 Å². The number of rotatable bonds is 6. The van der Waals surface area contributed by atoms with Crippen LogP contribution in [0.2, 0.25) is 0 Å². The summed E-state index contributed by atoms with van der Waals surface area (Å²) in [6.45, 7) is 2.50. The highest BCUT2D eigenvalue weighted by molar-refractivity contribution is 5.91. The van der Waals surface area contributed by atoms with E-state index in [9.17, 15) is 14.9 Å². The molecule has 0 aliphatic heterocycles. The lowest BCUT2D eigenvalue weighted by Gasteiger charge is -2.26. The Labute approximate surface area is 143 Å². The zero-order valence-corrected chi connectivity index (χ0v) is 14.6. The van der Waals surface area contributed by atoms with E-state index in [-0.39, 0.29) is 11.6 Å². The molecule has 1 aliphatic carbocycles. The first-order valence-electron chi connectivity index (χ1n) is 8.72. The highest BCUT2D eigenvalue weighted by Crippen LogP contribution is 2.22. The van der Waals surface area contributed by atoms with Crippen molar-refractivity contribution in [2.24, 2.45) is 0 Å². The molecule has 6 nitrogen and oxygen atoms in total. The minimum Gasteiger partial charge on any atom is -0.326 e. The normalized spacial score (nSPS) is 16.0. The van der Waals surface area contributed by atoms with Crippen molar-refractivity contribution in [2.75, 3.05) is 18.9 Å². The Hall–Kier alpha value is -1.95. The van der Waals surface area contributed by atoms with Crippen LogP contribution < -0.4 is 5.32 Å². The van der Waals surface area contributed by atoms with Gasteiger partial charge in [-0.05, 0) is 38.4 Å². The van der Waals surface area contributed by atoms with Crippen molar-refractivity contribution >= 4 is 17.3 Å². The SMILES string of the molecule is Cc1cc([N+](=O)[O-])ccc1NC(=O)CCN(C)C1CCCCCC1. The maximum atomic E-state index is 12.2. The van der Waals surface area contributed by atoms with Gasteiger partial charge in [-0.25, -0.2) is 0 Å². The van der Waals surface area contributed by atoms with Crippen molar-refractivity contribution in [3.63, 3.8) is 0 Å². The molecule has 0 radical (unpaired) electrons. The number of carbonyl (C=O) groups excluding carboxylic acids is 1. The third-order valence-electron chi connectivity index (χ3n) is 4.83. The second-order valence-electron chi connectivity index (χ2n) is 6.68. The van der Waals surface area contributed by atoms with E-state index in [4.69, 9.17) is 0 Å². The molecule has 0 saturated heterocycles. The number of nitro benzene ring substituents is 1. The number of hydrogen-bond acceptors (Lipinski definition) is 4. The van der Waals surface area contributed by atoms with Crippen LogP contribution in [0.15, 0.2) is 18.2 Å². The van der Waals surface area contributed by atoms with E-state index < -0.39 is 4.92 Å². The molecule has 1 aliphatic rings. The summed E-state index contributed by atoms with van der Waals surface area (Å²) < 4.78 is 0. The molecular weight excluding hydrogens is 306 g/mol. The van der Waals surface area contributed by atoms with Crippen LogP contribution in [0.5, 0.6) is 0 Å². The van der Waals surface area contributed by atoms with E-state index >= 15 is 0 Å². The highest BCUT2D eigenvalue weighted by atomic mass is 16.6. The summed E-state index contributed by atoms with van der Waals surface area (Å²) in [6.07, 6.45) is 8.09. The molecular formula is C18H27N3O3. The van der Waals surface area contributed by atoms with Gasteiger partial charge < -0.3 is 10.2 Å². The van der Waals surface area contributed by atoms with Gasteiger partial charge in [0.2, 0.25) is 5.91 Å². The number of hydrogen-bond donors (Lipinski definition) is 1. The Balaban J connectivity index is 1.83. The molecule has 2 rings (SSSR count). The first-order valence-corrected chi connectivity index (χ1v) is 8.72. The van der Waals surface area contributed by atoms with Gasteiger partial charge in [0.15, 0.2) is 0 Å². The molecule has 132 valence electrons. The van der Waals surface area contributed by atoms with Crippen molar-refractivity contribution < 1.29 is 9.72 Å². The van der Waals surface area contributed by atoms with Crippen molar-refractivity contribution in [3.8, 4) is 0 Å². The maximum Gasteiger partial charge on any atom is 0.269 e. The first-order chi connectivity index (χ1) is 11.5. The Kier molecular flexibility index (Phi) is 6.73. The largest absolute Gasteiger partial charge is 0.326 e. The van der Waals surface area contributed by atoms with Crippen molar-refractivity contribution in [2.45, 2.75) is 57.9 Å². The fourth-order valence-corrected chi connectivity index (χ4v) is 3.27. The molecule has 24 heavy (non-hydrogen) atoms. The number of benzene rings is 1. The lowest BCUT2D eigenvalue weighted by atomic mass is 10.1. The quantitative estimate of drug-likeness (QED) is 0.487. The molecule has 1 aromatic rings. The molecule has 1 saturated carbocycles. The lowest BCUT2D eigenvalue weighted by Crippen LogP contribution is -2.33. The molecule has 0 aromatic heterocycles. The second-order valence-corrected chi connectivity index (χ2v) is 6.68. The molecule has 1 fully saturated rings. The third kappa shape index (κ3) is 5.30. The van der Waals surface area contributed by atoms with Gasteiger partial charge in [0.25, 0.3) is 5.69 Å². The van der Waals surface area contributed by atoms with Crippen LogP contribution in [0.3, 0.4) is 0 Å². The van der Waals surface area contributed by atoms with Gasteiger partial charge in [-0.2, -0.15) is 0 Å². The molecule has 6 heteroatoms. The van der Waals surface area contributed by atoms with Crippen LogP contribution in [-0.4, -0.2) is 35.4 Å². The van der Waals surface area contributed by atoms with Gasteiger partial charge in [0.1, 0.15) is 0 Å². The number of nitrogens with zero attached hydrogens (tertiary/aromatic N) is 2. The van der Waals surface area contributed by atoms with Gasteiger partial charge in [-0.3, -0.25) is 14.9 Å². The Morgan fingerprint density at radius 1 is 1.29 bits per heavy atom. The van der Waals surface area contributed by atoms with Gasteiger partial charge in [-0.1, -0.05) is 25.7 Å². The fraction of sp³-hybridized carbons (Fsp3) is 0.611. The van der Waals surface area contributed by atoms with Crippen LogP contribution in [0.4, 0.5) is 11.4 Å². The van der Waals surface area contributed by atoms with Crippen LogP contribution in [0, 0.1) is 17.0 Å². The Morgan fingerprint density at radius 2 is 1.96 bits per heavy atom. The smallest absolute Gasteiger partial charge is 0.269 e. The summed E-state index contributed by atoms with van der Waals surface area (Å²) in [6, 6.07) is 5.08. The molecule has 0 spiro atoms. The second kappa shape index (κ2) is 8.78. The van der Waals surface area contributed by atoms with E-state index in [1.807, 2.05) is 0 Å². The molecule has 0 bridgehead atoms. The molecule has 1 N–H and O–H groups in total. The number of carbonyl (C=O) groups is 1. The van der Waals surface area contributed by atoms with Crippen molar-refractivity contribution in [1.82, 2.24) is 4.90 Å². The minimum atomic E-state index is -0.430. The molecule has 0 heterocycles. The number of non-ortho nitro benzene ring substituents is 1.